The Morgan fingerprint density at radius 1 is 1.36 bits per heavy atom. The van der Waals surface area contributed by atoms with Gasteiger partial charge in [-0.3, -0.25) is 14.2 Å². The number of nitrogens with one attached hydrogen (secondary N) is 1. The van der Waals surface area contributed by atoms with Gasteiger partial charge in [-0.25, -0.2) is 4.79 Å². The van der Waals surface area contributed by atoms with Crippen LogP contribution in [0.3, 0.4) is 0 Å². The lowest BCUT2D eigenvalue weighted by molar-refractivity contribution is -0.135. The van der Waals surface area contributed by atoms with Crippen LogP contribution in [0.15, 0.2) is 33.5 Å². The molecule has 1 amide bonds. The summed E-state index contributed by atoms with van der Waals surface area (Å²) in [4.78, 5) is 36.8. The zero-order valence-electron chi connectivity index (χ0n) is 15.6. The second-order valence-corrected chi connectivity index (χ2v) is 7.61. The maximum absolute atomic E-state index is 12.8. The zero-order valence-corrected chi connectivity index (χ0v) is 18.0. The lowest BCUT2D eigenvalue weighted by atomic mass is 10.2. The molecule has 2 rings (SSSR count). The maximum Gasteiger partial charge on any atom is 0.333 e. The average molecular weight is 469 g/mol. The summed E-state index contributed by atoms with van der Waals surface area (Å²) < 4.78 is 12.7. The highest BCUT2D eigenvalue weighted by Gasteiger charge is 2.11. The van der Waals surface area contributed by atoms with Gasteiger partial charge in [0.25, 0.3) is 5.56 Å². The molecule has 9 heteroatoms. The number of hydrogen-bond donors (Lipinski definition) is 1. The van der Waals surface area contributed by atoms with Crippen LogP contribution in [-0.2, 0) is 25.6 Å². The highest BCUT2D eigenvalue weighted by Crippen LogP contribution is 2.11. The molecular formula is C19H21BrN2O5S. The molecule has 0 bridgehead atoms. The molecule has 0 unspecified atom stereocenters. The van der Waals surface area contributed by atoms with Gasteiger partial charge >= 0.3 is 5.97 Å². The molecule has 1 heterocycles. The van der Waals surface area contributed by atoms with E-state index in [1.807, 2.05) is 24.3 Å². The third-order valence-corrected chi connectivity index (χ3v) is 5.09. The third-order valence-electron chi connectivity index (χ3n) is 3.54. The largest absolute Gasteiger partial charge is 0.463 e. The molecule has 28 heavy (non-hydrogen) atoms. The first-order valence-corrected chi connectivity index (χ1v) is 10.2. The molecule has 2 aromatic rings. The fourth-order valence-corrected chi connectivity index (χ4v) is 3.76. The number of methoxy groups -OCH3 is 1. The minimum atomic E-state index is -0.564. The van der Waals surface area contributed by atoms with Crippen molar-refractivity contribution in [1.29, 1.82) is 0 Å². The predicted octanol–water partition coefficient (Wildman–Crippen LogP) is 0.607. The lowest BCUT2D eigenvalue weighted by Crippen LogP contribution is -2.39. The number of carbonyl (C=O) groups excluding carboxylic acids is 2. The van der Waals surface area contributed by atoms with Gasteiger partial charge in [0.15, 0.2) is 0 Å². The average Bonchev–Trinajstić information content (AvgIpc) is 2.91. The van der Waals surface area contributed by atoms with E-state index in [1.165, 1.54) is 17.8 Å². The molecule has 0 saturated carbocycles. The molecule has 0 radical (unpaired) electrons. The molecule has 0 aliphatic carbocycles. The molecule has 0 saturated heterocycles. The number of esters is 1. The van der Waals surface area contributed by atoms with Crippen molar-refractivity contribution in [2.45, 2.75) is 13.5 Å². The molecule has 0 aliphatic heterocycles. The van der Waals surface area contributed by atoms with Crippen LogP contribution in [0.25, 0.3) is 12.2 Å². The Hall–Kier alpha value is -2.23. The van der Waals surface area contributed by atoms with E-state index in [1.54, 1.807) is 13.0 Å². The second-order valence-electron chi connectivity index (χ2n) is 5.63. The van der Waals surface area contributed by atoms with Gasteiger partial charge in [-0.05, 0) is 30.7 Å². The molecule has 150 valence electrons. The molecule has 7 nitrogen and oxygen atoms in total. The van der Waals surface area contributed by atoms with E-state index in [4.69, 9.17) is 9.47 Å². The van der Waals surface area contributed by atoms with Crippen LogP contribution >= 0.6 is 27.3 Å². The van der Waals surface area contributed by atoms with Crippen molar-refractivity contribution in [3.05, 3.63) is 53.9 Å². The summed E-state index contributed by atoms with van der Waals surface area (Å²) in [5, 5.41) is 2.67. The van der Waals surface area contributed by atoms with E-state index in [0.717, 1.165) is 21.4 Å². The van der Waals surface area contributed by atoms with E-state index >= 15 is 0 Å². The van der Waals surface area contributed by atoms with E-state index in [0.29, 0.717) is 22.3 Å². The first-order chi connectivity index (χ1) is 13.4. The van der Waals surface area contributed by atoms with Crippen molar-refractivity contribution in [3.8, 4) is 0 Å². The normalized spacial score (nSPS) is 12.2. The van der Waals surface area contributed by atoms with Crippen molar-refractivity contribution in [3.63, 3.8) is 0 Å². The van der Waals surface area contributed by atoms with Crippen LogP contribution in [0.1, 0.15) is 12.5 Å². The zero-order chi connectivity index (χ0) is 20.5. The summed E-state index contributed by atoms with van der Waals surface area (Å²) in [5.74, 6) is -0.907. The Bertz CT molecular complexity index is 1010. The summed E-state index contributed by atoms with van der Waals surface area (Å²) in [5.41, 5.74) is 0.481. The summed E-state index contributed by atoms with van der Waals surface area (Å²) in [6.07, 6.45) is 2.95. The van der Waals surface area contributed by atoms with Gasteiger partial charge in [0, 0.05) is 18.1 Å². The number of halogens is 1. The van der Waals surface area contributed by atoms with E-state index in [9.17, 15) is 14.4 Å². The molecule has 1 N–H and O–H groups in total. The van der Waals surface area contributed by atoms with E-state index in [-0.39, 0.29) is 24.6 Å². The Kier molecular flexibility index (Phi) is 8.62. The van der Waals surface area contributed by atoms with Gasteiger partial charge in [0.1, 0.15) is 11.2 Å². The summed E-state index contributed by atoms with van der Waals surface area (Å²) in [6.45, 7) is 2.43. The first kappa shape index (κ1) is 22.1. The number of thiazole rings is 1. The number of ether oxygens (including phenoxy) is 2. The molecule has 0 atom stereocenters. The van der Waals surface area contributed by atoms with E-state index in [2.05, 4.69) is 21.2 Å². The summed E-state index contributed by atoms with van der Waals surface area (Å²) >= 11 is 4.53. The Labute approximate surface area is 174 Å². The number of amides is 1. The van der Waals surface area contributed by atoms with Crippen LogP contribution < -0.4 is 20.1 Å². The fraction of sp³-hybridized carbons (Fsp3) is 0.316. The topological polar surface area (TPSA) is 86.6 Å². The van der Waals surface area contributed by atoms with Crippen LogP contribution in [0, 0.1) is 0 Å². The lowest BCUT2D eigenvalue weighted by Gasteiger charge is -2.05. The number of nitrogens with zero attached hydrogens (tertiary/aromatic N) is 1. The Balaban J connectivity index is 2.46. The Morgan fingerprint density at radius 2 is 2.14 bits per heavy atom. The van der Waals surface area contributed by atoms with Gasteiger partial charge in [-0.1, -0.05) is 28.1 Å². The first-order valence-electron chi connectivity index (χ1n) is 8.55. The van der Waals surface area contributed by atoms with Crippen molar-refractivity contribution in [1.82, 2.24) is 9.88 Å². The van der Waals surface area contributed by atoms with Crippen LogP contribution in [-0.4, -0.2) is 43.3 Å². The number of benzene rings is 1. The number of aromatic nitrogens is 1. The molecular weight excluding hydrogens is 448 g/mol. The number of carbonyl (C=O) groups is 2. The molecule has 0 spiro atoms. The standard InChI is InChI=1S/C19H21BrN2O5S/c1-3-27-18(24)11-17-22(12-16(23)21-7-8-26-2)19(25)15(28-17)10-13-5-4-6-14(20)9-13/h4-6,9-11H,3,7-8,12H2,1-2H3,(H,21,23)/b15-10-,17-11-. The van der Waals surface area contributed by atoms with Gasteiger partial charge in [0.05, 0.1) is 23.8 Å². The summed E-state index contributed by atoms with van der Waals surface area (Å²) in [6, 6.07) is 7.47. The third kappa shape index (κ3) is 6.43. The maximum atomic E-state index is 12.8. The van der Waals surface area contributed by atoms with Crippen LogP contribution in [0.4, 0.5) is 0 Å². The Morgan fingerprint density at radius 3 is 2.82 bits per heavy atom. The van der Waals surface area contributed by atoms with Crippen LogP contribution in [0.5, 0.6) is 0 Å². The van der Waals surface area contributed by atoms with Gasteiger partial charge < -0.3 is 14.8 Å². The highest BCUT2D eigenvalue weighted by molar-refractivity contribution is 9.10. The molecule has 0 fully saturated rings. The van der Waals surface area contributed by atoms with Crippen molar-refractivity contribution in [2.75, 3.05) is 26.9 Å². The summed E-state index contributed by atoms with van der Waals surface area (Å²) in [7, 11) is 1.53. The molecule has 0 aliphatic rings. The second kappa shape index (κ2) is 10.9. The van der Waals surface area contributed by atoms with E-state index < -0.39 is 5.97 Å². The predicted molar refractivity (Wildman–Crippen MR) is 112 cm³/mol. The van der Waals surface area contributed by atoms with Gasteiger partial charge in [-0.15, -0.1) is 11.3 Å². The number of rotatable bonds is 8. The quantitative estimate of drug-likeness (QED) is 0.452. The van der Waals surface area contributed by atoms with Crippen LogP contribution in [0.2, 0.25) is 0 Å². The number of hydrogen-bond acceptors (Lipinski definition) is 6. The van der Waals surface area contributed by atoms with Crippen molar-refractivity contribution in [2.24, 2.45) is 0 Å². The monoisotopic (exact) mass is 468 g/mol. The van der Waals surface area contributed by atoms with Gasteiger partial charge in [-0.2, -0.15) is 0 Å². The highest BCUT2D eigenvalue weighted by atomic mass is 79.9. The molecule has 1 aromatic heterocycles. The fourth-order valence-electron chi connectivity index (χ4n) is 2.32. The van der Waals surface area contributed by atoms with Crippen molar-refractivity contribution >= 4 is 51.3 Å². The SMILES string of the molecule is CCOC(=O)/C=c1\s/c(=C\c2cccc(Br)c2)c(=O)n1CC(=O)NCCOC. The minimum absolute atomic E-state index is 0.198. The smallest absolute Gasteiger partial charge is 0.333 e. The molecule has 1 aromatic carbocycles. The minimum Gasteiger partial charge on any atom is -0.463 e. The van der Waals surface area contributed by atoms with Crippen molar-refractivity contribution < 1.29 is 19.1 Å². The van der Waals surface area contributed by atoms with Gasteiger partial charge in [0.2, 0.25) is 5.91 Å².